The first-order valence-electron chi connectivity index (χ1n) is 10.4. The summed E-state index contributed by atoms with van der Waals surface area (Å²) in [6.45, 7) is 4.91. The molecule has 0 spiro atoms. The Bertz CT molecular complexity index is 1090. The van der Waals surface area contributed by atoms with Crippen LogP contribution in [0.15, 0.2) is 48.2 Å². The summed E-state index contributed by atoms with van der Waals surface area (Å²) in [5, 5.41) is 0.442. The summed E-state index contributed by atoms with van der Waals surface area (Å²) in [6.07, 6.45) is -0.165. The van der Waals surface area contributed by atoms with Crippen molar-refractivity contribution in [3.63, 3.8) is 0 Å². The van der Waals surface area contributed by atoms with Gasteiger partial charge < -0.3 is 19.1 Å². The summed E-state index contributed by atoms with van der Waals surface area (Å²) < 4.78 is 16.6. The number of nitrogens with zero attached hydrogens (tertiary/aromatic N) is 2. The lowest BCUT2D eigenvalue weighted by Gasteiger charge is -2.37. The highest BCUT2D eigenvalue weighted by molar-refractivity contribution is 6.45. The van der Waals surface area contributed by atoms with Gasteiger partial charge in [0.25, 0.3) is 11.8 Å². The van der Waals surface area contributed by atoms with Crippen molar-refractivity contribution in [1.82, 2.24) is 4.90 Å². The van der Waals surface area contributed by atoms with Gasteiger partial charge in [0.15, 0.2) is 11.5 Å². The number of rotatable bonds is 5. The minimum atomic E-state index is -0.411. The summed E-state index contributed by atoms with van der Waals surface area (Å²) in [6, 6.07) is 11.9. The molecule has 2 atom stereocenters. The maximum Gasteiger partial charge on any atom is 0.282 e. The summed E-state index contributed by atoms with van der Waals surface area (Å²) in [4.78, 5) is 30.5. The molecule has 2 aliphatic rings. The zero-order chi connectivity index (χ0) is 23.0. The molecule has 0 radical (unpaired) electrons. The van der Waals surface area contributed by atoms with Crippen molar-refractivity contribution in [3.8, 4) is 11.5 Å². The number of amides is 2. The summed E-state index contributed by atoms with van der Waals surface area (Å²) in [5.41, 5.74) is 1.67. The molecule has 2 unspecified atom stereocenters. The third kappa shape index (κ3) is 3.94. The molecule has 2 amide bonds. The van der Waals surface area contributed by atoms with Crippen LogP contribution >= 0.6 is 11.6 Å². The molecule has 32 heavy (non-hydrogen) atoms. The van der Waals surface area contributed by atoms with Gasteiger partial charge in [0.2, 0.25) is 0 Å². The highest BCUT2D eigenvalue weighted by atomic mass is 35.5. The van der Waals surface area contributed by atoms with Gasteiger partial charge >= 0.3 is 0 Å². The Labute approximate surface area is 192 Å². The van der Waals surface area contributed by atoms with E-state index in [-0.39, 0.29) is 18.1 Å². The van der Waals surface area contributed by atoms with E-state index in [0.717, 1.165) is 0 Å². The fraction of sp³-hybridized carbons (Fsp3) is 0.333. The first-order chi connectivity index (χ1) is 15.3. The monoisotopic (exact) mass is 456 g/mol. The van der Waals surface area contributed by atoms with Crippen molar-refractivity contribution in [2.45, 2.75) is 26.1 Å². The molecule has 168 valence electrons. The van der Waals surface area contributed by atoms with Crippen LogP contribution in [0, 0.1) is 0 Å². The van der Waals surface area contributed by atoms with Crippen molar-refractivity contribution in [1.29, 1.82) is 0 Å². The fourth-order valence-corrected chi connectivity index (χ4v) is 4.46. The third-order valence-corrected chi connectivity index (χ3v) is 5.77. The number of halogens is 1. The van der Waals surface area contributed by atoms with Crippen LogP contribution in [0.4, 0.5) is 5.69 Å². The average Bonchev–Trinajstić information content (AvgIpc) is 3.02. The van der Waals surface area contributed by atoms with Crippen LogP contribution in [-0.2, 0) is 14.3 Å². The van der Waals surface area contributed by atoms with E-state index >= 15 is 0 Å². The topological polar surface area (TPSA) is 68.3 Å². The van der Waals surface area contributed by atoms with E-state index in [4.69, 9.17) is 25.8 Å². The zero-order valence-electron chi connectivity index (χ0n) is 18.4. The lowest BCUT2D eigenvalue weighted by molar-refractivity contribution is -0.121. The number of ether oxygens (including phenoxy) is 3. The predicted octanol–water partition coefficient (Wildman–Crippen LogP) is 3.75. The van der Waals surface area contributed by atoms with Crippen molar-refractivity contribution < 1.29 is 23.8 Å². The van der Waals surface area contributed by atoms with Crippen molar-refractivity contribution >= 4 is 34.7 Å². The van der Waals surface area contributed by atoms with Gasteiger partial charge in [0.1, 0.15) is 5.70 Å². The molecule has 2 aliphatic heterocycles. The van der Waals surface area contributed by atoms with Gasteiger partial charge in [-0.2, -0.15) is 0 Å². The first-order valence-corrected chi connectivity index (χ1v) is 10.7. The number of carbonyl (C=O) groups is 2. The van der Waals surface area contributed by atoms with E-state index in [1.165, 1.54) is 12.0 Å². The van der Waals surface area contributed by atoms with Crippen LogP contribution in [0.5, 0.6) is 11.5 Å². The second-order valence-electron chi connectivity index (χ2n) is 7.88. The van der Waals surface area contributed by atoms with E-state index in [9.17, 15) is 9.59 Å². The van der Waals surface area contributed by atoms with Gasteiger partial charge in [0, 0.05) is 18.1 Å². The normalized spacial score (nSPS) is 21.4. The summed E-state index contributed by atoms with van der Waals surface area (Å²) in [7, 11) is 3.08. The Morgan fingerprint density at radius 1 is 0.938 bits per heavy atom. The second kappa shape index (κ2) is 8.84. The largest absolute Gasteiger partial charge is 0.493 e. The quantitative estimate of drug-likeness (QED) is 0.638. The molecular weight excluding hydrogens is 432 g/mol. The first kappa shape index (κ1) is 22.2. The number of hydrogen-bond donors (Lipinski definition) is 0. The predicted molar refractivity (Wildman–Crippen MR) is 122 cm³/mol. The van der Waals surface area contributed by atoms with E-state index in [2.05, 4.69) is 0 Å². The number of morpholine rings is 1. The fourth-order valence-electron chi connectivity index (χ4n) is 4.27. The third-order valence-electron chi connectivity index (χ3n) is 5.53. The average molecular weight is 457 g/mol. The number of hydrogen-bond acceptors (Lipinski definition) is 6. The van der Waals surface area contributed by atoms with Crippen LogP contribution < -0.4 is 14.4 Å². The van der Waals surface area contributed by atoms with Crippen molar-refractivity contribution in [2.75, 3.05) is 32.2 Å². The standard InChI is InChI=1S/C24H25ClN2O5/c1-14-12-26(13-15(2)32-14)22-21(16-8-9-19(30-3)20(10-16)31-4)23(28)27(24(22)29)18-7-5-6-17(25)11-18/h5-11,14-15H,12-13H2,1-4H3. The van der Waals surface area contributed by atoms with Crippen molar-refractivity contribution in [2.24, 2.45) is 0 Å². The lowest BCUT2D eigenvalue weighted by atomic mass is 10.0. The minimum Gasteiger partial charge on any atom is -0.493 e. The molecule has 2 heterocycles. The van der Waals surface area contributed by atoms with Crippen molar-refractivity contribution in [3.05, 3.63) is 58.7 Å². The van der Waals surface area contributed by atoms with Crippen LogP contribution in [0.1, 0.15) is 19.4 Å². The molecule has 0 aromatic heterocycles. The Morgan fingerprint density at radius 3 is 2.25 bits per heavy atom. The molecule has 1 fully saturated rings. The SMILES string of the molecule is COc1ccc(C2=C(N3CC(C)OC(C)C3)C(=O)N(c3cccc(Cl)c3)C2=O)cc1OC. The minimum absolute atomic E-state index is 0.0824. The molecule has 0 bridgehead atoms. The highest BCUT2D eigenvalue weighted by Gasteiger charge is 2.44. The van der Waals surface area contributed by atoms with Gasteiger partial charge in [0.05, 0.1) is 37.7 Å². The maximum absolute atomic E-state index is 13.7. The van der Waals surface area contributed by atoms with Gasteiger partial charge in [-0.3, -0.25) is 9.59 Å². The smallest absolute Gasteiger partial charge is 0.282 e. The number of carbonyl (C=O) groups excluding carboxylic acids is 2. The molecule has 8 heteroatoms. The van der Waals surface area contributed by atoms with Gasteiger partial charge in [-0.05, 0) is 49.7 Å². The van der Waals surface area contributed by atoms with Gasteiger partial charge in [-0.15, -0.1) is 0 Å². The van der Waals surface area contributed by atoms with E-state index in [1.807, 2.05) is 18.7 Å². The van der Waals surface area contributed by atoms with E-state index < -0.39 is 5.91 Å². The van der Waals surface area contributed by atoms with Gasteiger partial charge in [-0.1, -0.05) is 23.7 Å². The van der Waals surface area contributed by atoms with Crippen LogP contribution in [0.25, 0.3) is 5.57 Å². The Balaban J connectivity index is 1.87. The lowest BCUT2D eigenvalue weighted by Crippen LogP contribution is -2.47. The molecule has 0 aliphatic carbocycles. The molecule has 0 saturated carbocycles. The Morgan fingerprint density at radius 2 is 1.62 bits per heavy atom. The maximum atomic E-state index is 13.7. The molecule has 2 aromatic rings. The highest BCUT2D eigenvalue weighted by Crippen LogP contribution is 2.39. The molecule has 0 N–H and O–H groups in total. The number of anilines is 1. The molecular formula is C24H25ClN2O5. The Hall–Kier alpha value is -3.03. The Kier molecular flexibility index (Phi) is 6.13. The van der Waals surface area contributed by atoms with E-state index in [0.29, 0.717) is 52.1 Å². The number of imide groups is 1. The number of methoxy groups -OCH3 is 2. The van der Waals surface area contributed by atoms with Crippen LogP contribution in [0.2, 0.25) is 5.02 Å². The van der Waals surface area contributed by atoms with Crippen LogP contribution in [0.3, 0.4) is 0 Å². The molecule has 7 nitrogen and oxygen atoms in total. The van der Waals surface area contributed by atoms with Crippen LogP contribution in [-0.4, -0.2) is 56.2 Å². The number of benzene rings is 2. The van der Waals surface area contributed by atoms with Gasteiger partial charge in [-0.25, -0.2) is 4.90 Å². The summed E-state index contributed by atoms with van der Waals surface area (Å²) >= 11 is 6.15. The zero-order valence-corrected chi connectivity index (χ0v) is 19.2. The second-order valence-corrected chi connectivity index (χ2v) is 8.32. The molecule has 1 saturated heterocycles. The summed E-state index contributed by atoms with van der Waals surface area (Å²) in [5.74, 6) is 0.215. The molecule has 4 rings (SSSR count). The molecule has 2 aromatic carbocycles. The van der Waals surface area contributed by atoms with E-state index in [1.54, 1.807) is 49.6 Å².